The van der Waals surface area contributed by atoms with Crippen molar-refractivity contribution >= 4 is 27.8 Å². The molecule has 0 saturated carbocycles. The third-order valence-electron chi connectivity index (χ3n) is 3.52. The van der Waals surface area contributed by atoms with E-state index in [-0.39, 0.29) is 18.2 Å². The minimum absolute atomic E-state index is 0.0717. The van der Waals surface area contributed by atoms with Crippen LogP contribution in [0.25, 0.3) is 0 Å². The monoisotopic (exact) mass is 340 g/mol. The largest absolute Gasteiger partial charge is 0.481 e. The summed E-state index contributed by atoms with van der Waals surface area (Å²) in [6, 6.07) is 3.50. The molecular formula is C14H17BrN2O3. The topological polar surface area (TPSA) is 70.5 Å². The summed E-state index contributed by atoms with van der Waals surface area (Å²) in [6.07, 6.45) is 4.33. The minimum Gasteiger partial charge on any atom is -0.481 e. The number of likely N-dealkylation sites (tertiary alicyclic amines) is 1. The summed E-state index contributed by atoms with van der Waals surface area (Å²) in [4.78, 5) is 28.8. The first-order valence-electron chi connectivity index (χ1n) is 6.69. The highest BCUT2D eigenvalue weighted by Crippen LogP contribution is 2.22. The van der Waals surface area contributed by atoms with Gasteiger partial charge in [-0.05, 0) is 53.2 Å². The summed E-state index contributed by atoms with van der Waals surface area (Å²) >= 11 is 3.29. The number of amides is 1. The highest BCUT2D eigenvalue weighted by atomic mass is 79.9. The van der Waals surface area contributed by atoms with Crippen molar-refractivity contribution in [3.63, 3.8) is 0 Å². The van der Waals surface area contributed by atoms with Gasteiger partial charge < -0.3 is 10.0 Å². The Bertz CT molecular complexity index is 490. The van der Waals surface area contributed by atoms with Gasteiger partial charge in [-0.15, -0.1) is 0 Å². The van der Waals surface area contributed by atoms with Crippen molar-refractivity contribution in [3.05, 3.63) is 28.5 Å². The number of hydrogen-bond acceptors (Lipinski definition) is 3. The van der Waals surface area contributed by atoms with E-state index in [4.69, 9.17) is 5.11 Å². The molecule has 1 fully saturated rings. The highest BCUT2D eigenvalue weighted by Gasteiger charge is 2.25. The number of rotatable bonds is 4. The van der Waals surface area contributed by atoms with Gasteiger partial charge in [0.25, 0.3) is 5.91 Å². The number of aliphatic carboxylic acids is 1. The molecule has 1 aromatic rings. The molecule has 5 nitrogen and oxygen atoms in total. The summed E-state index contributed by atoms with van der Waals surface area (Å²) in [5.74, 6) is -0.570. The number of carboxylic acid groups (broad SMARTS) is 1. The van der Waals surface area contributed by atoms with Gasteiger partial charge in [-0.1, -0.05) is 0 Å². The van der Waals surface area contributed by atoms with Crippen LogP contribution in [0.2, 0.25) is 0 Å². The summed E-state index contributed by atoms with van der Waals surface area (Å²) in [6.45, 7) is 1.35. The fraction of sp³-hybridized carbons (Fsp3) is 0.500. The Morgan fingerprint density at radius 2 is 2.25 bits per heavy atom. The van der Waals surface area contributed by atoms with Gasteiger partial charge in [-0.25, -0.2) is 4.98 Å². The molecule has 2 heterocycles. The molecular weight excluding hydrogens is 324 g/mol. The molecule has 0 aliphatic carbocycles. The van der Waals surface area contributed by atoms with E-state index in [0.29, 0.717) is 18.7 Å². The average molecular weight is 341 g/mol. The molecule has 1 atom stereocenters. The molecule has 1 saturated heterocycles. The van der Waals surface area contributed by atoms with Gasteiger partial charge in [0.05, 0.1) is 0 Å². The van der Waals surface area contributed by atoms with Crippen molar-refractivity contribution < 1.29 is 14.7 Å². The van der Waals surface area contributed by atoms with Gasteiger partial charge in [-0.2, -0.15) is 0 Å². The van der Waals surface area contributed by atoms with Crippen LogP contribution in [0.15, 0.2) is 22.8 Å². The quantitative estimate of drug-likeness (QED) is 0.914. The molecule has 0 aromatic carbocycles. The van der Waals surface area contributed by atoms with Gasteiger partial charge in [0, 0.05) is 30.2 Å². The maximum absolute atomic E-state index is 12.3. The van der Waals surface area contributed by atoms with Gasteiger partial charge in [0.15, 0.2) is 0 Å². The van der Waals surface area contributed by atoms with Crippen molar-refractivity contribution in [2.24, 2.45) is 5.92 Å². The zero-order valence-electron chi connectivity index (χ0n) is 11.1. The third-order valence-corrected chi connectivity index (χ3v) is 3.99. The van der Waals surface area contributed by atoms with Crippen LogP contribution in [0.1, 0.15) is 36.2 Å². The van der Waals surface area contributed by atoms with E-state index < -0.39 is 5.97 Å². The van der Waals surface area contributed by atoms with E-state index in [1.165, 1.54) is 0 Å². The number of piperidine rings is 1. The first-order valence-corrected chi connectivity index (χ1v) is 7.48. The summed E-state index contributed by atoms with van der Waals surface area (Å²) in [5.41, 5.74) is 0.437. The van der Waals surface area contributed by atoms with Crippen molar-refractivity contribution in [2.75, 3.05) is 13.1 Å². The summed E-state index contributed by atoms with van der Waals surface area (Å²) in [5, 5.41) is 8.73. The van der Waals surface area contributed by atoms with Crippen LogP contribution in [0, 0.1) is 5.92 Å². The molecule has 1 aliphatic rings. The summed E-state index contributed by atoms with van der Waals surface area (Å²) < 4.78 is 0.840. The van der Waals surface area contributed by atoms with Crippen molar-refractivity contribution in [1.29, 1.82) is 0 Å². The van der Waals surface area contributed by atoms with E-state index in [0.717, 1.165) is 23.9 Å². The molecule has 0 radical (unpaired) electrons. The Kier molecular flexibility index (Phi) is 5.11. The number of carbonyl (C=O) groups is 2. The molecule has 0 bridgehead atoms. The van der Waals surface area contributed by atoms with Crippen LogP contribution >= 0.6 is 15.9 Å². The van der Waals surface area contributed by atoms with Gasteiger partial charge in [0.2, 0.25) is 0 Å². The molecule has 108 valence electrons. The number of aromatic nitrogens is 1. The SMILES string of the molecule is O=C(O)CCC1CCCN(C(=O)c2ccc(Br)cn2)C1. The zero-order valence-corrected chi connectivity index (χ0v) is 12.7. The van der Waals surface area contributed by atoms with Crippen LogP contribution in [-0.2, 0) is 4.79 Å². The summed E-state index contributed by atoms with van der Waals surface area (Å²) in [7, 11) is 0. The van der Waals surface area contributed by atoms with E-state index in [1.54, 1.807) is 23.2 Å². The van der Waals surface area contributed by atoms with Gasteiger partial charge in [0.1, 0.15) is 5.69 Å². The Labute approximate surface area is 126 Å². The second kappa shape index (κ2) is 6.83. The Morgan fingerprint density at radius 3 is 2.90 bits per heavy atom. The molecule has 1 unspecified atom stereocenters. The number of hydrogen-bond donors (Lipinski definition) is 1. The third kappa shape index (κ3) is 4.03. The Balaban J connectivity index is 1.96. The van der Waals surface area contributed by atoms with Crippen molar-refractivity contribution in [3.8, 4) is 0 Å². The van der Waals surface area contributed by atoms with Crippen LogP contribution in [0.3, 0.4) is 0 Å². The number of carboxylic acids is 1. The van der Waals surface area contributed by atoms with E-state index in [9.17, 15) is 9.59 Å². The van der Waals surface area contributed by atoms with Gasteiger partial charge >= 0.3 is 5.97 Å². The fourth-order valence-corrected chi connectivity index (χ4v) is 2.71. The lowest BCUT2D eigenvalue weighted by atomic mass is 9.93. The first kappa shape index (κ1) is 15.0. The van der Waals surface area contributed by atoms with Crippen LogP contribution in [-0.4, -0.2) is 40.0 Å². The van der Waals surface area contributed by atoms with E-state index >= 15 is 0 Å². The molecule has 1 amide bonds. The second-order valence-corrected chi connectivity index (χ2v) is 5.97. The predicted molar refractivity (Wildman–Crippen MR) is 77.4 cm³/mol. The van der Waals surface area contributed by atoms with Crippen LogP contribution < -0.4 is 0 Å². The van der Waals surface area contributed by atoms with Gasteiger partial charge in [-0.3, -0.25) is 9.59 Å². The van der Waals surface area contributed by atoms with Crippen molar-refractivity contribution in [2.45, 2.75) is 25.7 Å². The standard InChI is InChI=1S/C14H17BrN2O3/c15-11-4-5-12(16-8-11)14(20)17-7-1-2-10(9-17)3-6-13(18)19/h4-5,8,10H,1-3,6-7,9H2,(H,18,19). The first-order chi connectivity index (χ1) is 9.56. The smallest absolute Gasteiger partial charge is 0.303 e. The average Bonchev–Trinajstić information content (AvgIpc) is 2.45. The van der Waals surface area contributed by atoms with Crippen LogP contribution in [0.5, 0.6) is 0 Å². The lowest BCUT2D eigenvalue weighted by Gasteiger charge is -2.32. The highest BCUT2D eigenvalue weighted by molar-refractivity contribution is 9.10. The second-order valence-electron chi connectivity index (χ2n) is 5.05. The molecule has 1 aliphatic heterocycles. The van der Waals surface area contributed by atoms with E-state index in [2.05, 4.69) is 20.9 Å². The minimum atomic E-state index is -0.775. The normalized spacial score (nSPS) is 18.9. The zero-order chi connectivity index (χ0) is 14.5. The maximum atomic E-state index is 12.3. The molecule has 0 spiro atoms. The Hall–Kier alpha value is -1.43. The number of carbonyl (C=O) groups excluding carboxylic acids is 1. The molecule has 6 heteroatoms. The lowest BCUT2D eigenvalue weighted by Crippen LogP contribution is -2.40. The molecule has 1 aromatic heterocycles. The number of halogens is 1. The molecule has 2 rings (SSSR count). The van der Waals surface area contributed by atoms with Crippen molar-refractivity contribution in [1.82, 2.24) is 9.88 Å². The maximum Gasteiger partial charge on any atom is 0.303 e. The fourth-order valence-electron chi connectivity index (χ4n) is 2.48. The Morgan fingerprint density at radius 1 is 1.45 bits per heavy atom. The predicted octanol–water partition coefficient (Wildman–Crippen LogP) is 2.56. The molecule has 20 heavy (non-hydrogen) atoms. The van der Waals surface area contributed by atoms with E-state index in [1.807, 2.05) is 0 Å². The lowest BCUT2D eigenvalue weighted by molar-refractivity contribution is -0.137. The molecule has 1 N–H and O–H groups in total. The number of pyridine rings is 1. The number of nitrogens with zero attached hydrogens (tertiary/aromatic N) is 2. The van der Waals surface area contributed by atoms with Crippen LogP contribution in [0.4, 0.5) is 0 Å².